The highest BCUT2D eigenvalue weighted by Crippen LogP contribution is 2.08. The van der Waals surface area contributed by atoms with Gasteiger partial charge >= 0.3 is 5.97 Å². The van der Waals surface area contributed by atoms with Crippen LogP contribution in [0.25, 0.3) is 0 Å². The van der Waals surface area contributed by atoms with Gasteiger partial charge in [0.05, 0.1) is 6.61 Å². The van der Waals surface area contributed by atoms with Crippen LogP contribution in [0.15, 0.2) is 17.3 Å². The normalized spacial score (nSPS) is 10.5. The molecule has 0 saturated carbocycles. The second-order valence-corrected chi connectivity index (χ2v) is 3.11. The topological polar surface area (TPSA) is 87.9 Å². The van der Waals surface area contributed by atoms with E-state index in [1.165, 1.54) is 23.0 Å². The van der Waals surface area contributed by atoms with Crippen molar-refractivity contribution >= 4 is 22.4 Å². The Morgan fingerprint density at radius 3 is 3.20 bits per heavy atom. The summed E-state index contributed by atoms with van der Waals surface area (Å²) < 4.78 is 4.66. The van der Waals surface area contributed by atoms with Crippen LogP contribution in [0, 0.1) is 11.3 Å². The average Bonchev–Trinajstić information content (AvgIpc) is 2.72. The average molecular weight is 224 g/mol. The monoisotopic (exact) mass is 224 g/mol. The molecular formula is C8H8N4O2S. The SMILES string of the molecule is CCOC(=O)/C(C#N)=C/Nc1nncs1. The molecule has 0 amide bonds. The largest absolute Gasteiger partial charge is 0.462 e. The molecule has 78 valence electrons. The van der Waals surface area contributed by atoms with Crippen LogP contribution in [0.3, 0.4) is 0 Å². The molecule has 15 heavy (non-hydrogen) atoms. The Kier molecular flexibility index (Phi) is 4.25. The molecule has 0 saturated heterocycles. The van der Waals surface area contributed by atoms with E-state index in [9.17, 15) is 4.79 Å². The van der Waals surface area contributed by atoms with Crippen molar-refractivity contribution < 1.29 is 9.53 Å². The summed E-state index contributed by atoms with van der Waals surface area (Å²) in [5, 5.41) is 19.1. The van der Waals surface area contributed by atoms with Crippen LogP contribution < -0.4 is 5.32 Å². The molecule has 7 heteroatoms. The van der Waals surface area contributed by atoms with Crippen LogP contribution in [-0.2, 0) is 9.53 Å². The Morgan fingerprint density at radius 1 is 1.87 bits per heavy atom. The number of nitrogens with zero attached hydrogens (tertiary/aromatic N) is 3. The van der Waals surface area contributed by atoms with Crippen molar-refractivity contribution in [2.24, 2.45) is 0 Å². The van der Waals surface area contributed by atoms with Crippen LogP contribution in [0.1, 0.15) is 6.92 Å². The fraction of sp³-hybridized carbons (Fsp3) is 0.250. The van der Waals surface area contributed by atoms with Crippen LogP contribution in [0.2, 0.25) is 0 Å². The van der Waals surface area contributed by atoms with Gasteiger partial charge in [0.2, 0.25) is 5.13 Å². The van der Waals surface area contributed by atoms with Crippen LogP contribution in [-0.4, -0.2) is 22.8 Å². The molecule has 1 rings (SSSR count). The molecule has 0 aliphatic rings. The molecule has 1 aromatic rings. The highest BCUT2D eigenvalue weighted by Gasteiger charge is 2.09. The van der Waals surface area contributed by atoms with Gasteiger partial charge < -0.3 is 10.1 Å². The van der Waals surface area contributed by atoms with E-state index in [4.69, 9.17) is 5.26 Å². The van der Waals surface area contributed by atoms with Crippen LogP contribution in [0.4, 0.5) is 5.13 Å². The van der Waals surface area contributed by atoms with Gasteiger partial charge in [0.15, 0.2) is 5.57 Å². The van der Waals surface area contributed by atoms with E-state index in [0.29, 0.717) is 5.13 Å². The molecule has 0 aromatic carbocycles. The number of ether oxygens (including phenoxy) is 1. The first-order valence-electron chi connectivity index (χ1n) is 4.08. The Bertz CT molecular complexity index is 393. The lowest BCUT2D eigenvalue weighted by Gasteiger charge is -1.99. The van der Waals surface area contributed by atoms with Crippen molar-refractivity contribution in [2.75, 3.05) is 11.9 Å². The fourth-order valence-corrected chi connectivity index (χ4v) is 1.13. The minimum absolute atomic E-state index is 0.105. The molecule has 0 aliphatic heterocycles. The summed E-state index contributed by atoms with van der Waals surface area (Å²) in [6, 6.07) is 1.73. The summed E-state index contributed by atoms with van der Waals surface area (Å²) in [5.41, 5.74) is 1.43. The second kappa shape index (κ2) is 5.72. The van der Waals surface area contributed by atoms with E-state index in [1.807, 2.05) is 0 Å². The third-order valence-corrected chi connectivity index (χ3v) is 1.94. The number of anilines is 1. The molecule has 0 spiro atoms. The lowest BCUT2D eigenvalue weighted by molar-refractivity contribution is -0.138. The van der Waals surface area contributed by atoms with E-state index in [-0.39, 0.29) is 12.2 Å². The van der Waals surface area contributed by atoms with Gasteiger partial charge in [-0.1, -0.05) is 11.3 Å². The highest BCUT2D eigenvalue weighted by atomic mass is 32.1. The zero-order valence-corrected chi connectivity index (χ0v) is 8.74. The molecule has 0 atom stereocenters. The van der Waals surface area contributed by atoms with Crippen molar-refractivity contribution in [3.63, 3.8) is 0 Å². The summed E-state index contributed by atoms with van der Waals surface area (Å²) >= 11 is 1.26. The third-order valence-electron chi connectivity index (χ3n) is 1.32. The van der Waals surface area contributed by atoms with Crippen LogP contribution >= 0.6 is 11.3 Å². The van der Waals surface area contributed by atoms with E-state index in [1.54, 1.807) is 13.0 Å². The molecular weight excluding hydrogens is 216 g/mol. The quantitative estimate of drug-likeness (QED) is 0.465. The van der Waals surface area contributed by atoms with Gasteiger partial charge in [0, 0.05) is 6.20 Å². The molecule has 0 aliphatic carbocycles. The number of nitrogens with one attached hydrogen (secondary N) is 1. The molecule has 1 N–H and O–H groups in total. The molecule has 0 bridgehead atoms. The summed E-state index contributed by atoms with van der Waals surface area (Å²) in [4.78, 5) is 11.1. The van der Waals surface area contributed by atoms with Crippen molar-refractivity contribution in [1.82, 2.24) is 10.2 Å². The Balaban J connectivity index is 2.63. The van der Waals surface area contributed by atoms with Crippen LogP contribution in [0.5, 0.6) is 0 Å². The maximum Gasteiger partial charge on any atom is 0.350 e. The van der Waals surface area contributed by atoms with Gasteiger partial charge in [-0.2, -0.15) is 5.26 Å². The predicted molar refractivity (Wildman–Crippen MR) is 53.9 cm³/mol. The molecule has 0 unspecified atom stereocenters. The van der Waals surface area contributed by atoms with Crippen molar-refractivity contribution in [3.05, 3.63) is 17.3 Å². The van der Waals surface area contributed by atoms with E-state index < -0.39 is 5.97 Å². The number of rotatable bonds is 4. The lowest BCUT2D eigenvalue weighted by atomic mass is 10.3. The summed E-state index contributed by atoms with van der Waals surface area (Å²) in [6.45, 7) is 1.90. The van der Waals surface area contributed by atoms with Crippen molar-refractivity contribution in [3.8, 4) is 6.07 Å². The van der Waals surface area contributed by atoms with E-state index >= 15 is 0 Å². The number of aromatic nitrogens is 2. The van der Waals surface area contributed by atoms with Crippen molar-refractivity contribution in [1.29, 1.82) is 5.26 Å². The molecule has 6 nitrogen and oxygen atoms in total. The first kappa shape index (κ1) is 11.1. The molecule has 0 radical (unpaired) electrons. The Morgan fingerprint density at radius 2 is 2.67 bits per heavy atom. The minimum Gasteiger partial charge on any atom is -0.462 e. The van der Waals surface area contributed by atoms with Gasteiger partial charge in [-0.25, -0.2) is 4.79 Å². The van der Waals surface area contributed by atoms with Gasteiger partial charge in [0.1, 0.15) is 11.6 Å². The minimum atomic E-state index is -0.656. The number of hydrogen-bond acceptors (Lipinski definition) is 7. The van der Waals surface area contributed by atoms with Crippen molar-refractivity contribution in [2.45, 2.75) is 6.92 Å². The number of esters is 1. The molecule has 0 fully saturated rings. The lowest BCUT2D eigenvalue weighted by Crippen LogP contribution is -2.07. The van der Waals surface area contributed by atoms with Gasteiger partial charge in [-0.05, 0) is 6.92 Å². The number of hydrogen-bond donors (Lipinski definition) is 1. The van der Waals surface area contributed by atoms with Gasteiger partial charge in [0.25, 0.3) is 0 Å². The predicted octanol–water partition coefficient (Wildman–Crippen LogP) is 0.921. The Labute approximate surface area is 90.2 Å². The maximum atomic E-state index is 11.1. The third kappa shape index (κ3) is 3.36. The highest BCUT2D eigenvalue weighted by molar-refractivity contribution is 7.13. The summed E-state index contributed by atoms with van der Waals surface area (Å²) in [6.07, 6.45) is 1.25. The zero-order chi connectivity index (χ0) is 11.1. The Hall–Kier alpha value is -1.94. The summed E-state index contributed by atoms with van der Waals surface area (Å²) in [7, 11) is 0. The smallest absolute Gasteiger partial charge is 0.350 e. The first-order valence-corrected chi connectivity index (χ1v) is 4.96. The number of nitriles is 1. The zero-order valence-electron chi connectivity index (χ0n) is 7.93. The molecule has 1 heterocycles. The van der Waals surface area contributed by atoms with E-state index in [2.05, 4.69) is 20.3 Å². The fourth-order valence-electron chi connectivity index (χ4n) is 0.716. The van der Waals surface area contributed by atoms with E-state index in [0.717, 1.165) is 0 Å². The van der Waals surface area contributed by atoms with Gasteiger partial charge in [-0.15, -0.1) is 10.2 Å². The van der Waals surface area contributed by atoms with Gasteiger partial charge in [-0.3, -0.25) is 0 Å². The summed E-state index contributed by atoms with van der Waals surface area (Å²) in [5.74, 6) is -0.656. The second-order valence-electron chi connectivity index (χ2n) is 2.28. The first-order chi connectivity index (χ1) is 7.27. The standard InChI is InChI=1S/C8H8N4O2S/c1-2-14-7(13)6(3-9)4-10-8-12-11-5-15-8/h4-5H,2H2,1H3,(H,10,12)/b6-4+. The molecule has 1 aromatic heterocycles. The number of carbonyl (C=O) groups excluding carboxylic acids is 1. The number of carbonyl (C=O) groups is 1. The maximum absolute atomic E-state index is 11.1.